The molecule has 2 atom stereocenters. The summed E-state index contributed by atoms with van der Waals surface area (Å²) in [5, 5.41) is 22.3. The molecule has 1 aromatic rings. The molecular formula is C14H18ClNO3. The third-order valence-electron chi connectivity index (χ3n) is 3.66. The van der Waals surface area contributed by atoms with Crippen molar-refractivity contribution in [1.29, 1.82) is 0 Å². The maximum Gasteiger partial charge on any atom is 0.255 e. The lowest BCUT2D eigenvalue weighted by Crippen LogP contribution is -2.43. The molecule has 0 bridgehead atoms. The number of carbonyl (C=O) groups is 1. The molecule has 0 aliphatic heterocycles. The second-order valence-electron chi connectivity index (χ2n) is 4.97. The van der Waals surface area contributed by atoms with Crippen LogP contribution in [0.25, 0.3) is 0 Å². The molecule has 1 saturated carbocycles. The topological polar surface area (TPSA) is 69.6 Å². The number of aromatic hydroxyl groups is 1. The average molecular weight is 284 g/mol. The van der Waals surface area contributed by atoms with Crippen LogP contribution in [-0.2, 0) is 0 Å². The highest BCUT2D eigenvalue weighted by Gasteiger charge is 2.26. The van der Waals surface area contributed by atoms with Crippen LogP contribution in [0.4, 0.5) is 0 Å². The highest BCUT2D eigenvalue weighted by Crippen LogP contribution is 2.26. The van der Waals surface area contributed by atoms with E-state index in [4.69, 9.17) is 11.6 Å². The Kier molecular flexibility index (Phi) is 4.66. The average Bonchev–Trinajstić information content (AvgIpc) is 2.39. The molecule has 1 fully saturated rings. The molecule has 0 radical (unpaired) electrons. The smallest absolute Gasteiger partial charge is 0.255 e. The summed E-state index contributed by atoms with van der Waals surface area (Å²) in [6, 6.07) is 4.40. The van der Waals surface area contributed by atoms with Gasteiger partial charge in [-0.15, -0.1) is 0 Å². The fraction of sp³-hybridized carbons (Fsp3) is 0.500. The first-order valence-corrected chi connectivity index (χ1v) is 6.90. The largest absolute Gasteiger partial charge is 0.507 e. The number of nitrogens with one attached hydrogen (secondary N) is 1. The van der Waals surface area contributed by atoms with E-state index in [-0.39, 0.29) is 35.8 Å². The zero-order valence-corrected chi connectivity index (χ0v) is 11.4. The van der Waals surface area contributed by atoms with Gasteiger partial charge in [-0.2, -0.15) is 0 Å². The normalized spacial score (nSPS) is 23.1. The van der Waals surface area contributed by atoms with Gasteiger partial charge in [0.05, 0.1) is 5.56 Å². The summed E-state index contributed by atoms with van der Waals surface area (Å²) < 4.78 is 0. The van der Waals surface area contributed by atoms with Crippen LogP contribution in [-0.4, -0.2) is 28.8 Å². The minimum absolute atomic E-state index is 0.0265. The van der Waals surface area contributed by atoms with Crippen LogP contribution >= 0.6 is 11.6 Å². The minimum atomic E-state index is -0.320. The van der Waals surface area contributed by atoms with Crippen molar-refractivity contribution in [3.63, 3.8) is 0 Å². The predicted molar refractivity (Wildman–Crippen MR) is 73.4 cm³/mol. The highest BCUT2D eigenvalue weighted by atomic mass is 35.5. The van der Waals surface area contributed by atoms with Gasteiger partial charge in [0.25, 0.3) is 5.91 Å². The predicted octanol–water partition coefficient (Wildman–Crippen LogP) is 2.33. The first kappa shape index (κ1) is 14.2. The Balaban J connectivity index is 2.07. The van der Waals surface area contributed by atoms with Crippen molar-refractivity contribution in [3.05, 3.63) is 28.8 Å². The van der Waals surface area contributed by atoms with E-state index in [0.29, 0.717) is 5.02 Å². The Labute approximate surface area is 117 Å². The van der Waals surface area contributed by atoms with Crippen molar-refractivity contribution in [2.45, 2.75) is 31.7 Å². The van der Waals surface area contributed by atoms with E-state index < -0.39 is 0 Å². The van der Waals surface area contributed by atoms with E-state index in [1.807, 2.05) is 0 Å². The summed E-state index contributed by atoms with van der Waals surface area (Å²) in [4.78, 5) is 12.1. The lowest BCUT2D eigenvalue weighted by Gasteiger charge is -2.30. The van der Waals surface area contributed by atoms with Gasteiger partial charge in [0.15, 0.2) is 0 Å². The summed E-state index contributed by atoms with van der Waals surface area (Å²) in [7, 11) is 0. The van der Waals surface area contributed by atoms with Crippen LogP contribution in [0.15, 0.2) is 18.2 Å². The number of aliphatic hydroxyl groups is 1. The molecule has 1 amide bonds. The van der Waals surface area contributed by atoms with E-state index in [2.05, 4.69) is 5.32 Å². The van der Waals surface area contributed by atoms with Crippen molar-refractivity contribution < 1.29 is 15.0 Å². The van der Waals surface area contributed by atoms with Gasteiger partial charge in [0.1, 0.15) is 5.75 Å². The summed E-state index contributed by atoms with van der Waals surface area (Å²) in [5.41, 5.74) is 0.215. The van der Waals surface area contributed by atoms with Crippen molar-refractivity contribution in [1.82, 2.24) is 5.32 Å². The van der Waals surface area contributed by atoms with Gasteiger partial charge < -0.3 is 15.5 Å². The monoisotopic (exact) mass is 283 g/mol. The molecule has 1 aromatic carbocycles. The number of aliphatic hydroxyl groups excluding tert-OH is 1. The van der Waals surface area contributed by atoms with Crippen molar-refractivity contribution in [2.75, 3.05) is 6.61 Å². The molecule has 1 aliphatic rings. The van der Waals surface area contributed by atoms with Crippen molar-refractivity contribution in [2.24, 2.45) is 5.92 Å². The number of phenolic OH excluding ortho intramolecular Hbond substituents is 1. The third-order valence-corrected chi connectivity index (χ3v) is 3.90. The Morgan fingerprint density at radius 3 is 2.79 bits per heavy atom. The second kappa shape index (κ2) is 6.26. The maximum absolute atomic E-state index is 12.1. The van der Waals surface area contributed by atoms with Crippen LogP contribution in [0.2, 0.25) is 5.02 Å². The molecule has 0 spiro atoms. The molecule has 0 aromatic heterocycles. The van der Waals surface area contributed by atoms with Gasteiger partial charge in [-0.25, -0.2) is 0 Å². The summed E-state index contributed by atoms with van der Waals surface area (Å²) in [5.74, 6) is -0.340. The fourth-order valence-corrected chi connectivity index (χ4v) is 2.73. The Morgan fingerprint density at radius 1 is 1.37 bits per heavy atom. The highest BCUT2D eigenvalue weighted by molar-refractivity contribution is 6.30. The minimum Gasteiger partial charge on any atom is -0.507 e. The first-order valence-electron chi connectivity index (χ1n) is 6.52. The molecule has 1 aliphatic carbocycles. The zero-order chi connectivity index (χ0) is 13.8. The number of amides is 1. The van der Waals surface area contributed by atoms with Crippen molar-refractivity contribution >= 4 is 17.5 Å². The van der Waals surface area contributed by atoms with Gasteiger partial charge in [-0.05, 0) is 31.0 Å². The summed E-state index contributed by atoms with van der Waals surface area (Å²) in [6.45, 7) is 0.0809. The molecule has 0 saturated heterocycles. The van der Waals surface area contributed by atoms with Crippen LogP contribution in [0.3, 0.4) is 0 Å². The standard InChI is InChI=1S/C14H18ClNO3/c15-10-5-6-11(13(18)7-10)14(19)16-12-4-2-1-3-9(12)8-17/h5-7,9,12,17-18H,1-4,8H2,(H,16,19). The Morgan fingerprint density at radius 2 is 2.11 bits per heavy atom. The van der Waals surface area contributed by atoms with Crippen molar-refractivity contribution in [3.8, 4) is 5.75 Å². The van der Waals surface area contributed by atoms with E-state index in [1.165, 1.54) is 12.1 Å². The quantitative estimate of drug-likeness (QED) is 0.797. The second-order valence-corrected chi connectivity index (χ2v) is 5.40. The van der Waals surface area contributed by atoms with E-state index in [0.717, 1.165) is 25.7 Å². The van der Waals surface area contributed by atoms with Gasteiger partial charge in [-0.3, -0.25) is 4.79 Å². The Hall–Kier alpha value is -1.26. The van der Waals surface area contributed by atoms with Crippen LogP contribution in [0.1, 0.15) is 36.0 Å². The number of halogens is 1. The molecular weight excluding hydrogens is 266 g/mol. The molecule has 3 N–H and O–H groups in total. The molecule has 2 unspecified atom stereocenters. The Bertz CT molecular complexity index is 464. The zero-order valence-electron chi connectivity index (χ0n) is 10.6. The van der Waals surface area contributed by atoms with Gasteiger partial charge >= 0.3 is 0 Å². The molecule has 0 heterocycles. The lowest BCUT2D eigenvalue weighted by atomic mass is 9.85. The van der Waals surface area contributed by atoms with E-state index in [1.54, 1.807) is 6.07 Å². The number of rotatable bonds is 3. The number of benzene rings is 1. The lowest BCUT2D eigenvalue weighted by molar-refractivity contribution is 0.0870. The maximum atomic E-state index is 12.1. The van der Waals surface area contributed by atoms with Gasteiger partial charge in [-0.1, -0.05) is 24.4 Å². The van der Waals surface area contributed by atoms with E-state index in [9.17, 15) is 15.0 Å². The molecule has 2 rings (SSSR count). The number of hydrogen-bond acceptors (Lipinski definition) is 3. The first-order chi connectivity index (χ1) is 9.11. The summed E-state index contributed by atoms with van der Waals surface area (Å²) >= 11 is 5.73. The van der Waals surface area contributed by atoms with Gasteiger partial charge in [0, 0.05) is 23.6 Å². The third kappa shape index (κ3) is 3.39. The SMILES string of the molecule is O=C(NC1CCCCC1CO)c1ccc(Cl)cc1O. The molecule has 19 heavy (non-hydrogen) atoms. The van der Waals surface area contributed by atoms with Crippen LogP contribution in [0.5, 0.6) is 5.75 Å². The van der Waals surface area contributed by atoms with Crippen LogP contribution < -0.4 is 5.32 Å². The number of phenols is 1. The number of hydrogen-bond donors (Lipinski definition) is 3. The van der Waals surface area contributed by atoms with Crippen LogP contribution in [0, 0.1) is 5.92 Å². The van der Waals surface area contributed by atoms with Gasteiger partial charge in [0.2, 0.25) is 0 Å². The molecule has 4 nitrogen and oxygen atoms in total. The fourth-order valence-electron chi connectivity index (χ4n) is 2.56. The molecule has 104 valence electrons. The summed E-state index contributed by atoms with van der Waals surface area (Å²) in [6.07, 6.45) is 3.93. The molecule has 5 heteroatoms. The number of carbonyl (C=O) groups excluding carboxylic acids is 1. The van der Waals surface area contributed by atoms with E-state index >= 15 is 0 Å².